The molecule has 0 saturated heterocycles. The maximum Gasteiger partial charge on any atom is 0.306 e. The molecule has 1 aromatic carbocycles. The van der Waals surface area contributed by atoms with Crippen molar-refractivity contribution in [1.82, 2.24) is 4.31 Å². The second-order valence-electron chi connectivity index (χ2n) is 4.57. The van der Waals surface area contributed by atoms with Crippen LogP contribution in [0.25, 0.3) is 0 Å². The number of benzene rings is 1. The van der Waals surface area contributed by atoms with Crippen LogP contribution in [0.3, 0.4) is 0 Å². The number of anilines is 1. The number of rotatable bonds is 6. The van der Waals surface area contributed by atoms with Crippen molar-refractivity contribution in [2.75, 3.05) is 25.4 Å². The Morgan fingerprint density at radius 1 is 1.35 bits per heavy atom. The molecule has 0 aromatic heterocycles. The van der Waals surface area contributed by atoms with Crippen LogP contribution in [0.2, 0.25) is 0 Å². The minimum atomic E-state index is -3.68. The molecule has 0 bridgehead atoms. The molecule has 20 heavy (non-hydrogen) atoms. The van der Waals surface area contributed by atoms with Gasteiger partial charge < -0.3 is 4.74 Å². The maximum atomic E-state index is 12.1. The minimum Gasteiger partial charge on any atom is -0.469 e. The normalized spacial score (nSPS) is 11.4. The van der Waals surface area contributed by atoms with Crippen LogP contribution in [0.5, 0.6) is 0 Å². The summed E-state index contributed by atoms with van der Waals surface area (Å²) < 4.78 is 32.3. The van der Waals surface area contributed by atoms with E-state index in [-0.39, 0.29) is 13.0 Å². The van der Waals surface area contributed by atoms with Gasteiger partial charge >= 0.3 is 16.2 Å². The third kappa shape index (κ3) is 4.50. The van der Waals surface area contributed by atoms with E-state index in [1.165, 1.54) is 14.2 Å². The standard InChI is InChI=1S/C13H20N2O4S/c1-10-5-6-11(2)12(9-10)14-20(17,18)15(3)8-7-13(16)19-4/h5-6,9,14H,7-8H2,1-4H3. The SMILES string of the molecule is COC(=O)CCN(C)S(=O)(=O)Nc1cc(C)ccc1C. The van der Waals surface area contributed by atoms with E-state index in [1.54, 1.807) is 6.07 Å². The van der Waals surface area contributed by atoms with E-state index in [2.05, 4.69) is 9.46 Å². The van der Waals surface area contributed by atoms with Crippen molar-refractivity contribution in [2.45, 2.75) is 20.3 Å². The number of nitrogens with one attached hydrogen (secondary N) is 1. The summed E-state index contributed by atoms with van der Waals surface area (Å²) in [6.07, 6.45) is 0.0146. The molecule has 0 fully saturated rings. The first kappa shape index (κ1) is 16.5. The van der Waals surface area contributed by atoms with Crippen LogP contribution in [-0.2, 0) is 19.7 Å². The van der Waals surface area contributed by atoms with Crippen molar-refractivity contribution >= 4 is 21.9 Å². The van der Waals surface area contributed by atoms with Gasteiger partial charge in [-0.05, 0) is 31.0 Å². The molecule has 0 aliphatic carbocycles. The van der Waals surface area contributed by atoms with Crippen LogP contribution < -0.4 is 4.72 Å². The lowest BCUT2D eigenvalue weighted by Crippen LogP contribution is -2.34. The van der Waals surface area contributed by atoms with Crippen LogP contribution in [-0.4, -0.2) is 39.4 Å². The number of carbonyl (C=O) groups excluding carboxylic acids is 1. The first-order chi connectivity index (χ1) is 9.26. The lowest BCUT2D eigenvalue weighted by Gasteiger charge is -2.19. The van der Waals surface area contributed by atoms with Crippen molar-refractivity contribution in [1.29, 1.82) is 0 Å². The van der Waals surface area contributed by atoms with Crippen LogP contribution in [0, 0.1) is 13.8 Å². The van der Waals surface area contributed by atoms with Crippen molar-refractivity contribution in [3.8, 4) is 0 Å². The molecule has 7 heteroatoms. The molecular weight excluding hydrogens is 280 g/mol. The van der Waals surface area contributed by atoms with Crippen molar-refractivity contribution in [3.05, 3.63) is 29.3 Å². The van der Waals surface area contributed by atoms with E-state index in [1.807, 2.05) is 26.0 Å². The Kier molecular flexibility index (Phi) is 5.52. The first-order valence-electron chi connectivity index (χ1n) is 6.14. The smallest absolute Gasteiger partial charge is 0.306 e. The Labute approximate surface area is 119 Å². The van der Waals surface area contributed by atoms with E-state index in [0.717, 1.165) is 15.4 Å². The van der Waals surface area contributed by atoms with Gasteiger partial charge in [-0.1, -0.05) is 12.1 Å². The highest BCUT2D eigenvalue weighted by atomic mass is 32.2. The molecule has 6 nitrogen and oxygen atoms in total. The fraction of sp³-hybridized carbons (Fsp3) is 0.462. The highest BCUT2D eigenvalue weighted by molar-refractivity contribution is 7.90. The van der Waals surface area contributed by atoms with Gasteiger partial charge in [0.25, 0.3) is 0 Å². The summed E-state index contributed by atoms with van der Waals surface area (Å²) in [4.78, 5) is 11.0. The molecule has 0 amide bonds. The Balaban J connectivity index is 2.78. The maximum absolute atomic E-state index is 12.1. The zero-order valence-electron chi connectivity index (χ0n) is 12.1. The highest BCUT2D eigenvalue weighted by Crippen LogP contribution is 2.18. The van der Waals surface area contributed by atoms with Crippen LogP contribution in [0.15, 0.2) is 18.2 Å². The van der Waals surface area contributed by atoms with Crippen LogP contribution >= 0.6 is 0 Å². The van der Waals surface area contributed by atoms with Gasteiger partial charge in [-0.25, -0.2) is 0 Å². The monoisotopic (exact) mass is 300 g/mol. The number of carbonyl (C=O) groups is 1. The lowest BCUT2D eigenvalue weighted by atomic mass is 10.1. The summed E-state index contributed by atoms with van der Waals surface area (Å²) in [5.74, 6) is -0.446. The van der Waals surface area contributed by atoms with E-state index in [0.29, 0.717) is 5.69 Å². The molecule has 0 atom stereocenters. The van der Waals surface area contributed by atoms with E-state index in [9.17, 15) is 13.2 Å². The molecule has 0 radical (unpaired) electrons. The second-order valence-corrected chi connectivity index (χ2v) is 6.35. The quantitative estimate of drug-likeness (QED) is 0.807. The van der Waals surface area contributed by atoms with Gasteiger partial charge in [-0.3, -0.25) is 9.52 Å². The molecule has 0 aliphatic heterocycles. The van der Waals surface area contributed by atoms with Gasteiger partial charge in [0.2, 0.25) is 0 Å². The lowest BCUT2D eigenvalue weighted by molar-refractivity contribution is -0.140. The number of aryl methyl sites for hydroxylation is 2. The molecule has 0 spiro atoms. The van der Waals surface area contributed by atoms with Crippen LogP contribution in [0.1, 0.15) is 17.5 Å². The fourth-order valence-electron chi connectivity index (χ4n) is 1.53. The molecule has 1 N–H and O–H groups in total. The van der Waals surface area contributed by atoms with E-state index in [4.69, 9.17) is 0 Å². The number of esters is 1. The zero-order chi connectivity index (χ0) is 15.3. The number of nitrogens with zero attached hydrogens (tertiary/aromatic N) is 1. The van der Waals surface area contributed by atoms with Gasteiger partial charge in [-0.2, -0.15) is 12.7 Å². The first-order valence-corrected chi connectivity index (χ1v) is 7.58. The predicted molar refractivity (Wildman–Crippen MR) is 77.7 cm³/mol. The Morgan fingerprint density at radius 3 is 2.60 bits per heavy atom. The summed E-state index contributed by atoms with van der Waals surface area (Å²) in [5, 5.41) is 0. The molecule has 1 aromatic rings. The summed E-state index contributed by atoms with van der Waals surface area (Å²) in [5.41, 5.74) is 2.33. The van der Waals surface area contributed by atoms with Gasteiger partial charge in [-0.15, -0.1) is 0 Å². The predicted octanol–water partition coefficient (Wildman–Crippen LogP) is 1.46. The second kappa shape index (κ2) is 6.71. The van der Waals surface area contributed by atoms with E-state index >= 15 is 0 Å². The van der Waals surface area contributed by atoms with Crippen molar-refractivity contribution < 1.29 is 17.9 Å². The molecule has 0 saturated carbocycles. The molecule has 0 aliphatic rings. The van der Waals surface area contributed by atoms with Gasteiger partial charge in [0.05, 0.1) is 19.2 Å². The van der Waals surface area contributed by atoms with Crippen molar-refractivity contribution in [3.63, 3.8) is 0 Å². The third-order valence-corrected chi connectivity index (χ3v) is 4.38. The molecule has 0 unspecified atom stereocenters. The summed E-state index contributed by atoms with van der Waals surface area (Å²) >= 11 is 0. The Hall–Kier alpha value is -1.60. The van der Waals surface area contributed by atoms with Gasteiger partial charge in [0.1, 0.15) is 0 Å². The van der Waals surface area contributed by atoms with Crippen LogP contribution in [0.4, 0.5) is 5.69 Å². The Bertz CT molecular complexity index is 584. The topological polar surface area (TPSA) is 75.7 Å². The summed E-state index contributed by atoms with van der Waals surface area (Å²) in [6.45, 7) is 3.77. The van der Waals surface area contributed by atoms with Gasteiger partial charge in [0, 0.05) is 13.6 Å². The largest absolute Gasteiger partial charge is 0.469 e. The number of methoxy groups -OCH3 is 1. The molecular formula is C13H20N2O4S. The summed E-state index contributed by atoms with van der Waals surface area (Å²) in [6, 6.07) is 5.52. The third-order valence-electron chi connectivity index (χ3n) is 2.90. The average Bonchev–Trinajstić information content (AvgIpc) is 2.39. The minimum absolute atomic E-state index is 0.0146. The molecule has 0 heterocycles. The van der Waals surface area contributed by atoms with E-state index < -0.39 is 16.2 Å². The van der Waals surface area contributed by atoms with Gasteiger partial charge in [0.15, 0.2) is 0 Å². The van der Waals surface area contributed by atoms with Crippen molar-refractivity contribution in [2.24, 2.45) is 0 Å². The summed E-state index contributed by atoms with van der Waals surface area (Å²) in [7, 11) is -0.999. The Morgan fingerprint density at radius 2 is 2.00 bits per heavy atom. The fourth-order valence-corrected chi connectivity index (χ4v) is 2.52. The number of hydrogen-bond donors (Lipinski definition) is 1. The molecule has 1 rings (SSSR count). The zero-order valence-corrected chi connectivity index (χ0v) is 13.0. The molecule has 112 valence electrons. The number of ether oxygens (including phenoxy) is 1. The average molecular weight is 300 g/mol. The number of hydrogen-bond acceptors (Lipinski definition) is 4. The highest BCUT2D eigenvalue weighted by Gasteiger charge is 2.19.